The molecule has 1 atom stereocenters. The quantitative estimate of drug-likeness (QED) is 0.763. The largest absolute Gasteiger partial charge is 0.310 e. The second kappa shape index (κ2) is 4.33. The Morgan fingerprint density at radius 1 is 1.23 bits per heavy atom. The summed E-state index contributed by atoms with van der Waals surface area (Å²) in [6.45, 7) is 4.60. The topological polar surface area (TPSA) is 12.0 Å². The molecule has 0 fully saturated rings. The van der Waals surface area contributed by atoms with Gasteiger partial charge in [-0.25, -0.2) is 8.78 Å². The van der Waals surface area contributed by atoms with Crippen molar-refractivity contribution in [2.75, 3.05) is 6.54 Å². The first-order valence-electron chi connectivity index (χ1n) is 4.33. The number of nitrogens with one attached hydrogen (secondary N) is 1. The van der Waals surface area contributed by atoms with Crippen LogP contribution in [0.5, 0.6) is 0 Å². The molecule has 0 aromatic heterocycles. The van der Waals surface area contributed by atoms with Crippen LogP contribution in [-0.4, -0.2) is 6.54 Å². The summed E-state index contributed by atoms with van der Waals surface area (Å²) in [5.41, 5.74) is 0.638. The van der Waals surface area contributed by atoms with Gasteiger partial charge < -0.3 is 5.32 Å². The van der Waals surface area contributed by atoms with Crippen LogP contribution in [0, 0.1) is 11.6 Å². The first kappa shape index (κ1) is 10.1. The summed E-state index contributed by atoms with van der Waals surface area (Å²) in [5, 5.41) is 3.08. The fourth-order valence-corrected chi connectivity index (χ4v) is 1.25. The van der Waals surface area contributed by atoms with Crippen molar-refractivity contribution in [1.82, 2.24) is 5.32 Å². The molecule has 1 nitrogen and oxygen atoms in total. The summed E-state index contributed by atoms with van der Waals surface area (Å²) in [6, 6.07) is 3.55. The zero-order chi connectivity index (χ0) is 9.84. The predicted octanol–water partition coefficient (Wildman–Crippen LogP) is 2.64. The highest BCUT2D eigenvalue weighted by atomic mass is 19.1. The summed E-state index contributed by atoms with van der Waals surface area (Å²) in [7, 11) is 0. The maximum absolute atomic E-state index is 12.8. The highest BCUT2D eigenvalue weighted by molar-refractivity contribution is 5.20. The highest BCUT2D eigenvalue weighted by Gasteiger charge is 2.06. The van der Waals surface area contributed by atoms with Crippen LogP contribution in [0.1, 0.15) is 25.5 Å². The molecule has 13 heavy (non-hydrogen) atoms. The van der Waals surface area contributed by atoms with Crippen molar-refractivity contribution >= 4 is 0 Å². The lowest BCUT2D eigenvalue weighted by atomic mass is 10.1. The molecule has 0 aliphatic carbocycles. The van der Waals surface area contributed by atoms with Gasteiger partial charge in [-0.2, -0.15) is 0 Å². The fourth-order valence-electron chi connectivity index (χ4n) is 1.25. The summed E-state index contributed by atoms with van der Waals surface area (Å²) in [6.07, 6.45) is 0. The third kappa shape index (κ3) is 2.77. The van der Waals surface area contributed by atoms with E-state index in [1.54, 1.807) is 0 Å². The van der Waals surface area contributed by atoms with E-state index in [9.17, 15) is 8.78 Å². The number of hydrogen-bond donors (Lipinski definition) is 1. The van der Waals surface area contributed by atoms with Crippen LogP contribution in [0.25, 0.3) is 0 Å². The van der Waals surface area contributed by atoms with Crippen LogP contribution in [0.3, 0.4) is 0 Å². The van der Waals surface area contributed by atoms with Gasteiger partial charge >= 0.3 is 0 Å². The van der Waals surface area contributed by atoms with Crippen LogP contribution < -0.4 is 5.32 Å². The van der Waals surface area contributed by atoms with Crippen molar-refractivity contribution in [3.05, 3.63) is 35.4 Å². The Morgan fingerprint density at radius 2 is 1.77 bits per heavy atom. The van der Waals surface area contributed by atoms with Gasteiger partial charge in [0, 0.05) is 12.1 Å². The van der Waals surface area contributed by atoms with Crippen molar-refractivity contribution in [3.8, 4) is 0 Å². The molecule has 0 radical (unpaired) electrons. The zero-order valence-corrected chi connectivity index (χ0v) is 7.77. The molecule has 1 aromatic carbocycles. The van der Waals surface area contributed by atoms with E-state index >= 15 is 0 Å². The van der Waals surface area contributed by atoms with Gasteiger partial charge in [0.15, 0.2) is 0 Å². The zero-order valence-electron chi connectivity index (χ0n) is 7.77. The van der Waals surface area contributed by atoms with Gasteiger partial charge in [-0.05, 0) is 31.2 Å². The average Bonchev–Trinajstić information content (AvgIpc) is 2.03. The molecule has 0 spiro atoms. The molecule has 0 bridgehead atoms. The van der Waals surface area contributed by atoms with Crippen LogP contribution in [0.2, 0.25) is 0 Å². The number of rotatable bonds is 3. The van der Waals surface area contributed by atoms with Crippen molar-refractivity contribution in [1.29, 1.82) is 0 Å². The van der Waals surface area contributed by atoms with Gasteiger partial charge in [0.1, 0.15) is 11.6 Å². The second-order valence-corrected chi connectivity index (χ2v) is 2.98. The Balaban J connectivity index is 2.87. The molecule has 72 valence electrons. The molecule has 1 aromatic rings. The van der Waals surface area contributed by atoms with Crippen molar-refractivity contribution < 1.29 is 8.78 Å². The van der Waals surface area contributed by atoms with Gasteiger partial charge in [-0.15, -0.1) is 0 Å². The molecule has 0 saturated carbocycles. The van der Waals surface area contributed by atoms with Crippen LogP contribution in [-0.2, 0) is 0 Å². The van der Waals surface area contributed by atoms with E-state index < -0.39 is 11.6 Å². The van der Waals surface area contributed by atoms with E-state index in [-0.39, 0.29) is 6.04 Å². The molecule has 1 N–H and O–H groups in total. The lowest BCUT2D eigenvalue weighted by Gasteiger charge is -2.12. The normalized spacial score (nSPS) is 12.9. The molecular weight excluding hydrogens is 172 g/mol. The maximum atomic E-state index is 12.8. The van der Waals surface area contributed by atoms with E-state index in [1.807, 2.05) is 13.8 Å². The molecule has 0 saturated heterocycles. The molecule has 0 aliphatic heterocycles. The smallest absolute Gasteiger partial charge is 0.126 e. The molecule has 3 heteroatoms. The van der Waals surface area contributed by atoms with E-state index in [0.29, 0.717) is 5.56 Å². The Morgan fingerprint density at radius 3 is 2.23 bits per heavy atom. The maximum Gasteiger partial charge on any atom is 0.126 e. The van der Waals surface area contributed by atoms with Gasteiger partial charge in [0.25, 0.3) is 0 Å². The Kier molecular flexibility index (Phi) is 3.37. The minimum Gasteiger partial charge on any atom is -0.310 e. The first-order chi connectivity index (χ1) is 6.13. The SMILES string of the molecule is CCNC(C)c1cc(F)cc(F)c1. The molecule has 0 amide bonds. The van der Waals surface area contributed by atoms with Crippen LogP contribution >= 0.6 is 0 Å². The van der Waals surface area contributed by atoms with Crippen molar-refractivity contribution in [2.45, 2.75) is 19.9 Å². The van der Waals surface area contributed by atoms with Crippen molar-refractivity contribution in [3.63, 3.8) is 0 Å². The number of halogens is 2. The lowest BCUT2D eigenvalue weighted by Crippen LogP contribution is -2.17. The van der Waals surface area contributed by atoms with E-state index in [0.717, 1.165) is 12.6 Å². The molecular formula is C10H13F2N. The number of benzene rings is 1. The predicted molar refractivity (Wildman–Crippen MR) is 48.4 cm³/mol. The first-order valence-corrected chi connectivity index (χ1v) is 4.33. The molecule has 0 heterocycles. The molecule has 1 unspecified atom stereocenters. The van der Waals surface area contributed by atoms with Crippen molar-refractivity contribution in [2.24, 2.45) is 0 Å². The summed E-state index contributed by atoms with van der Waals surface area (Å²) < 4.78 is 25.5. The molecule has 1 rings (SSSR count). The van der Waals surface area contributed by atoms with Gasteiger partial charge in [0.05, 0.1) is 0 Å². The monoisotopic (exact) mass is 185 g/mol. The van der Waals surface area contributed by atoms with Crippen LogP contribution in [0.4, 0.5) is 8.78 Å². The number of hydrogen-bond acceptors (Lipinski definition) is 1. The minimum absolute atomic E-state index is 0.0183. The second-order valence-electron chi connectivity index (χ2n) is 2.98. The highest BCUT2D eigenvalue weighted by Crippen LogP contribution is 2.15. The minimum atomic E-state index is -0.528. The average molecular weight is 185 g/mol. The van der Waals surface area contributed by atoms with Gasteiger partial charge in [-0.1, -0.05) is 6.92 Å². The van der Waals surface area contributed by atoms with Gasteiger partial charge in [-0.3, -0.25) is 0 Å². The van der Waals surface area contributed by atoms with Crippen LogP contribution in [0.15, 0.2) is 18.2 Å². The molecule has 0 aliphatic rings. The Hall–Kier alpha value is -0.960. The van der Waals surface area contributed by atoms with E-state index in [2.05, 4.69) is 5.32 Å². The third-order valence-electron chi connectivity index (χ3n) is 1.90. The third-order valence-corrected chi connectivity index (χ3v) is 1.90. The summed E-state index contributed by atoms with van der Waals surface area (Å²) in [5.74, 6) is -1.06. The summed E-state index contributed by atoms with van der Waals surface area (Å²) in [4.78, 5) is 0. The Bertz CT molecular complexity index is 266. The Labute approximate surface area is 76.8 Å². The fraction of sp³-hybridized carbons (Fsp3) is 0.400. The van der Waals surface area contributed by atoms with E-state index in [4.69, 9.17) is 0 Å². The lowest BCUT2D eigenvalue weighted by molar-refractivity contribution is 0.555. The van der Waals surface area contributed by atoms with Gasteiger partial charge in [0.2, 0.25) is 0 Å². The summed E-state index contributed by atoms with van der Waals surface area (Å²) >= 11 is 0. The van der Waals surface area contributed by atoms with E-state index in [1.165, 1.54) is 12.1 Å². The standard InChI is InChI=1S/C10H13F2N/c1-3-13-7(2)8-4-9(11)6-10(12)5-8/h4-7,13H,3H2,1-2H3.